The van der Waals surface area contributed by atoms with Gasteiger partial charge in [0, 0.05) is 31.9 Å². The molecule has 0 unspecified atom stereocenters. The molecular formula is C24H38N6. The molecule has 164 valence electrons. The maximum Gasteiger partial charge on any atom is 0.120 e. The highest BCUT2D eigenvalue weighted by molar-refractivity contribution is 5.77. The average Bonchev–Trinajstić information content (AvgIpc) is 3.37. The van der Waals surface area contributed by atoms with Gasteiger partial charge in [-0.25, -0.2) is 9.97 Å². The first-order valence-corrected chi connectivity index (χ1v) is 11.6. The van der Waals surface area contributed by atoms with Crippen LogP contribution >= 0.6 is 0 Å². The lowest BCUT2D eigenvalue weighted by atomic mass is 10.2. The fourth-order valence-corrected chi connectivity index (χ4v) is 4.14. The van der Waals surface area contributed by atoms with Crippen molar-refractivity contribution in [1.29, 1.82) is 0 Å². The minimum Gasteiger partial charge on any atom is -0.348 e. The van der Waals surface area contributed by atoms with Crippen LogP contribution in [0, 0.1) is 0 Å². The third kappa shape index (κ3) is 6.16. The summed E-state index contributed by atoms with van der Waals surface area (Å²) in [6.45, 7) is 13.0. The number of aromatic amines is 1. The van der Waals surface area contributed by atoms with E-state index in [1.165, 1.54) is 55.8 Å². The Morgan fingerprint density at radius 2 is 1.87 bits per heavy atom. The molecule has 0 aliphatic heterocycles. The molecule has 6 heteroatoms. The summed E-state index contributed by atoms with van der Waals surface area (Å²) in [5.74, 6) is 2.20. The molecule has 3 aromatic rings. The molecule has 2 heterocycles. The summed E-state index contributed by atoms with van der Waals surface area (Å²) in [5.41, 5.74) is 3.67. The van der Waals surface area contributed by atoms with Crippen LogP contribution in [0.2, 0.25) is 0 Å². The molecule has 0 aliphatic rings. The molecule has 0 amide bonds. The molecule has 2 N–H and O–H groups in total. The van der Waals surface area contributed by atoms with E-state index in [-0.39, 0.29) is 0 Å². The van der Waals surface area contributed by atoms with Gasteiger partial charge in [-0.05, 0) is 63.0 Å². The highest BCUT2D eigenvalue weighted by Crippen LogP contribution is 2.20. The van der Waals surface area contributed by atoms with Crippen LogP contribution in [-0.4, -0.2) is 44.1 Å². The van der Waals surface area contributed by atoms with Gasteiger partial charge < -0.3 is 19.8 Å². The second kappa shape index (κ2) is 11.9. The van der Waals surface area contributed by atoms with E-state index in [1.807, 2.05) is 6.20 Å². The third-order valence-electron chi connectivity index (χ3n) is 5.47. The second-order valence-electron chi connectivity index (χ2n) is 8.09. The number of H-pyrrole nitrogens is 1. The minimum absolute atomic E-state index is 0.747. The van der Waals surface area contributed by atoms with Crippen LogP contribution in [0.1, 0.15) is 63.7 Å². The average molecular weight is 411 g/mol. The first kappa shape index (κ1) is 22.5. The molecule has 1 aromatic carbocycles. The molecule has 0 fully saturated rings. The Bertz CT molecular complexity index is 861. The lowest BCUT2D eigenvalue weighted by molar-refractivity contribution is 0.270. The fraction of sp³-hybridized carbons (Fsp3) is 0.583. The van der Waals surface area contributed by atoms with Crippen LogP contribution in [0.3, 0.4) is 0 Å². The Morgan fingerprint density at radius 1 is 1.03 bits per heavy atom. The number of hydrogen-bond donors (Lipinski definition) is 2. The van der Waals surface area contributed by atoms with Crippen molar-refractivity contribution < 1.29 is 0 Å². The Kier molecular flexibility index (Phi) is 8.90. The number of aryl methyl sites for hydroxylation is 2. The molecule has 30 heavy (non-hydrogen) atoms. The summed E-state index contributed by atoms with van der Waals surface area (Å²) in [6.07, 6.45) is 9.44. The van der Waals surface area contributed by atoms with Crippen molar-refractivity contribution in [2.75, 3.05) is 19.6 Å². The molecule has 0 saturated heterocycles. The largest absolute Gasteiger partial charge is 0.348 e. The van der Waals surface area contributed by atoms with Gasteiger partial charge in [0.05, 0.1) is 17.6 Å². The maximum absolute atomic E-state index is 4.99. The summed E-state index contributed by atoms with van der Waals surface area (Å²) >= 11 is 0. The summed E-state index contributed by atoms with van der Waals surface area (Å²) in [7, 11) is 0. The predicted octanol–water partition coefficient (Wildman–Crippen LogP) is 4.51. The number of imidazole rings is 2. The van der Waals surface area contributed by atoms with E-state index in [4.69, 9.17) is 4.98 Å². The molecule has 0 saturated carbocycles. The monoisotopic (exact) mass is 410 g/mol. The van der Waals surface area contributed by atoms with E-state index in [1.54, 1.807) is 6.20 Å². The number of hydrogen-bond acceptors (Lipinski definition) is 4. The van der Waals surface area contributed by atoms with Crippen molar-refractivity contribution in [1.82, 2.24) is 29.7 Å². The molecule has 0 atom stereocenters. The fourth-order valence-electron chi connectivity index (χ4n) is 4.14. The normalized spacial score (nSPS) is 11.7. The number of rotatable bonds is 14. The summed E-state index contributed by atoms with van der Waals surface area (Å²) in [4.78, 5) is 15.0. The SMILES string of the molecule is CCCN(CCC)CCCc1nc2ccc(CNCc3ncc[nH]3)cc2n1CCC. The van der Waals surface area contributed by atoms with Crippen molar-refractivity contribution in [3.63, 3.8) is 0 Å². The van der Waals surface area contributed by atoms with Gasteiger partial charge in [0.25, 0.3) is 0 Å². The lowest BCUT2D eigenvalue weighted by Crippen LogP contribution is -2.27. The first-order chi connectivity index (χ1) is 14.7. The number of benzene rings is 1. The highest BCUT2D eigenvalue weighted by Gasteiger charge is 2.12. The quantitative estimate of drug-likeness (QED) is 0.410. The van der Waals surface area contributed by atoms with Crippen molar-refractivity contribution in [2.45, 2.75) is 72.5 Å². The topological polar surface area (TPSA) is 61.8 Å². The third-order valence-corrected chi connectivity index (χ3v) is 5.47. The van der Waals surface area contributed by atoms with Crippen molar-refractivity contribution in [3.8, 4) is 0 Å². The van der Waals surface area contributed by atoms with E-state index in [0.717, 1.165) is 43.8 Å². The zero-order valence-corrected chi connectivity index (χ0v) is 19.0. The molecule has 0 bridgehead atoms. The van der Waals surface area contributed by atoms with Crippen molar-refractivity contribution in [2.24, 2.45) is 0 Å². The van der Waals surface area contributed by atoms with Gasteiger partial charge in [0.1, 0.15) is 11.6 Å². The zero-order valence-electron chi connectivity index (χ0n) is 19.0. The molecule has 3 rings (SSSR count). The van der Waals surface area contributed by atoms with Gasteiger partial charge >= 0.3 is 0 Å². The van der Waals surface area contributed by atoms with Crippen LogP contribution < -0.4 is 5.32 Å². The van der Waals surface area contributed by atoms with Gasteiger partial charge in [-0.15, -0.1) is 0 Å². The standard InChI is InChI=1S/C24H38N6/c1-4-13-29(14-5-2)16-7-8-24-28-21-10-9-20(17-22(21)30(24)15-6-3)18-25-19-23-26-11-12-27-23/h9-12,17,25H,4-8,13-16,18-19H2,1-3H3,(H,26,27). The minimum atomic E-state index is 0.747. The van der Waals surface area contributed by atoms with E-state index >= 15 is 0 Å². The highest BCUT2D eigenvalue weighted by atomic mass is 15.1. The Labute approximate surface area is 181 Å². The number of nitrogens with zero attached hydrogens (tertiary/aromatic N) is 4. The van der Waals surface area contributed by atoms with Crippen LogP contribution in [0.15, 0.2) is 30.6 Å². The zero-order chi connectivity index (χ0) is 21.2. The number of aromatic nitrogens is 4. The van der Waals surface area contributed by atoms with E-state index in [0.29, 0.717) is 0 Å². The van der Waals surface area contributed by atoms with E-state index in [2.05, 4.69) is 63.7 Å². The van der Waals surface area contributed by atoms with Gasteiger partial charge in [0.2, 0.25) is 0 Å². The summed E-state index contributed by atoms with van der Waals surface area (Å²) in [5, 5.41) is 3.47. The Morgan fingerprint density at radius 3 is 2.57 bits per heavy atom. The Hall–Kier alpha value is -2.18. The second-order valence-corrected chi connectivity index (χ2v) is 8.09. The first-order valence-electron chi connectivity index (χ1n) is 11.6. The van der Waals surface area contributed by atoms with Gasteiger partial charge in [-0.3, -0.25) is 0 Å². The summed E-state index contributed by atoms with van der Waals surface area (Å²) < 4.78 is 2.44. The molecule has 0 spiro atoms. The number of nitrogens with one attached hydrogen (secondary N) is 2. The molecule has 6 nitrogen and oxygen atoms in total. The van der Waals surface area contributed by atoms with Gasteiger partial charge in [0.15, 0.2) is 0 Å². The van der Waals surface area contributed by atoms with Crippen molar-refractivity contribution in [3.05, 3.63) is 47.8 Å². The van der Waals surface area contributed by atoms with Crippen LogP contribution in [0.25, 0.3) is 11.0 Å². The lowest BCUT2D eigenvalue weighted by Gasteiger charge is -2.20. The van der Waals surface area contributed by atoms with E-state index < -0.39 is 0 Å². The molecular weight excluding hydrogens is 372 g/mol. The molecule has 2 aromatic heterocycles. The van der Waals surface area contributed by atoms with Crippen molar-refractivity contribution >= 4 is 11.0 Å². The smallest absolute Gasteiger partial charge is 0.120 e. The predicted molar refractivity (Wildman–Crippen MR) is 124 cm³/mol. The Balaban J connectivity index is 1.66. The van der Waals surface area contributed by atoms with E-state index in [9.17, 15) is 0 Å². The molecule has 0 aliphatic carbocycles. The van der Waals surface area contributed by atoms with Gasteiger partial charge in [-0.2, -0.15) is 0 Å². The summed E-state index contributed by atoms with van der Waals surface area (Å²) in [6, 6.07) is 6.67. The maximum atomic E-state index is 4.99. The van der Waals surface area contributed by atoms with Crippen LogP contribution in [0.5, 0.6) is 0 Å². The molecule has 0 radical (unpaired) electrons. The van der Waals surface area contributed by atoms with Gasteiger partial charge in [-0.1, -0.05) is 26.8 Å². The van der Waals surface area contributed by atoms with Crippen LogP contribution in [0.4, 0.5) is 0 Å². The van der Waals surface area contributed by atoms with Crippen LogP contribution in [-0.2, 0) is 26.1 Å². The number of fused-ring (bicyclic) bond motifs is 1.